The highest BCUT2D eigenvalue weighted by atomic mass is 16.5. The van der Waals surface area contributed by atoms with E-state index >= 15 is 0 Å². The molecule has 1 spiro atoms. The Morgan fingerprint density at radius 2 is 1.19 bits per heavy atom. The van der Waals surface area contributed by atoms with E-state index in [1.807, 2.05) is 13.8 Å². The topological polar surface area (TPSA) is 21.9 Å². The molecule has 4 heteroatoms. The maximum Gasteiger partial charge on any atom is 0.499 e. The van der Waals surface area contributed by atoms with Gasteiger partial charge in [-0.05, 0) is 122 Å². The number of hydrogen-bond donors (Lipinski definition) is 0. The SMILES string of the molecule is [2H]C(C)(C)c1ccc(-c2cc[n+]3c(c2)-c2cc(-c4ccccc4)cc4c2C32Oc3ccccc3-c3n(-c5cc(C)c(-c6ccccc6)cc5-c5ccc(C(C)(C)C)cc5)c5cccc-4c5[n+]32)cc1. The second-order valence-corrected chi connectivity index (χ2v) is 19.8. The first-order chi connectivity index (χ1) is 32.9. The third-order valence-corrected chi connectivity index (χ3v) is 14.5. The van der Waals surface area contributed by atoms with Crippen LogP contribution in [0.5, 0.6) is 5.75 Å². The molecule has 0 bridgehead atoms. The van der Waals surface area contributed by atoms with Crippen molar-refractivity contribution >= 4 is 11.0 Å². The molecule has 13 rings (SSSR count). The molecule has 0 fully saturated rings. The lowest BCUT2D eigenvalue weighted by Crippen LogP contribution is -2.78. The summed E-state index contributed by atoms with van der Waals surface area (Å²) in [6, 6.07) is 68.9. The van der Waals surface area contributed by atoms with E-state index in [9.17, 15) is 0 Å². The zero-order chi connectivity index (χ0) is 46.3. The smallest absolute Gasteiger partial charge is 0.392 e. The largest absolute Gasteiger partial charge is 0.499 e. The van der Waals surface area contributed by atoms with E-state index < -0.39 is 11.7 Å². The van der Waals surface area contributed by atoms with E-state index in [0.717, 1.165) is 89.6 Å². The van der Waals surface area contributed by atoms with Crippen molar-refractivity contribution in [1.29, 1.82) is 0 Å². The second kappa shape index (κ2) is 14.3. The summed E-state index contributed by atoms with van der Waals surface area (Å²) in [5.41, 5.74) is 22.9. The minimum absolute atomic E-state index is 0.0220. The number of aryl methyl sites for hydroxylation is 1. The number of pyridine rings is 1. The van der Waals surface area contributed by atoms with E-state index in [2.05, 4.69) is 236 Å². The molecule has 3 aliphatic heterocycles. The fourth-order valence-corrected chi connectivity index (χ4v) is 11.2. The van der Waals surface area contributed by atoms with Crippen LogP contribution in [0.15, 0.2) is 194 Å². The first-order valence-electron chi connectivity index (χ1n) is 24.0. The quantitative estimate of drug-likeness (QED) is 0.153. The highest BCUT2D eigenvalue weighted by Crippen LogP contribution is 2.55. The molecule has 4 nitrogen and oxygen atoms in total. The van der Waals surface area contributed by atoms with E-state index in [1.54, 1.807) is 0 Å². The molecule has 2 aromatic heterocycles. The van der Waals surface area contributed by atoms with Gasteiger partial charge in [0.2, 0.25) is 5.69 Å². The highest BCUT2D eigenvalue weighted by molar-refractivity contribution is 6.00. The molecule has 0 saturated carbocycles. The maximum absolute atomic E-state index is 8.68. The first-order valence-corrected chi connectivity index (χ1v) is 23.5. The number of fused-ring (bicyclic) bond motifs is 5. The molecule has 67 heavy (non-hydrogen) atoms. The summed E-state index contributed by atoms with van der Waals surface area (Å²) < 4.78 is 23.9. The summed E-state index contributed by atoms with van der Waals surface area (Å²) in [5.74, 6) is 0.117. The molecule has 0 amide bonds. The molecule has 8 aromatic carbocycles. The number of benzene rings is 8. The summed E-state index contributed by atoms with van der Waals surface area (Å²) in [6.45, 7) is 13.0. The van der Waals surface area contributed by atoms with Gasteiger partial charge < -0.3 is 4.74 Å². The van der Waals surface area contributed by atoms with Crippen LogP contribution in [0.4, 0.5) is 0 Å². The van der Waals surface area contributed by atoms with Crippen LogP contribution in [0.1, 0.15) is 64.1 Å². The standard InChI is InChI=1S/C63H51N3O/c1-39(2)41-24-26-43(27-25-41)46-32-33-64-56(37-46)54-36-47(42-16-9-7-10-17-42)35-53-49-21-15-22-55-60(49)66-61(50-20-13-14-23-58(50)67-63(64,66)59(53)54)65(55)57-34-40(3)51(44-18-11-8-12-19-44)38-52(57)45-28-30-48(31-29-45)62(4,5)6/h7-39H,1-6H3/q+2/i39D. The van der Waals surface area contributed by atoms with Gasteiger partial charge in [0.05, 0.1) is 5.56 Å². The van der Waals surface area contributed by atoms with Crippen molar-refractivity contribution in [3.63, 3.8) is 0 Å². The molecule has 3 aliphatic rings. The lowest BCUT2D eigenvalue weighted by Gasteiger charge is -2.32. The van der Waals surface area contributed by atoms with Crippen LogP contribution < -0.4 is 13.9 Å². The van der Waals surface area contributed by atoms with E-state index in [-0.39, 0.29) is 5.41 Å². The maximum atomic E-state index is 8.68. The lowest BCUT2D eigenvalue weighted by atomic mass is 9.85. The summed E-state index contributed by atoms with van der Waals surface area (Å²) in [5, 5.41) is 0. The van der Waals surface area contributed by atoms with Gasteiger partial charge in [-0.25, -0.2) is 0 Å². The average molecular weight is 867 g/mol. The molecule has 0 radical (unpaired) electrons. The fraction of sp³-hybridized carbons (Fsp3) is 0.143. The number of ether oxygens (including phenoxy) is 1. The van der Waals surface area contributed by atoms with Gasteiger partial charge in [-0.1, -0.05) is 162 Å². The van der Waals surface area contributed by atoms with Crippen LogP contribution in [-0.2, 0) is 11.3 Å². The van der Waals surface area contributed by atoms with Gasteiger partial charge in [-0.3, -0.25) is 0 Å². The van der Waals surface area contributed by atoms with Crippen molar-refractivity contribution in [3.8, 4) is 89.7 Å². The van der Waals surface area contributed by atoms with Gasteiger partial charge in [0.1, 0.15) is 22.6 Å². The molecule has 1 atom stereocenters. The molecule has 322 valence electrons. The number of para-hydroxylation sites is 2. The Morgan fingerprint density at radius 3 is 1.93 bits per heavy atom. The van der Waals surface area contributed by atoms with Gasteiger partial charge in [-0.2, -0.15) is 4.57 Å². The second-order valence-electron chi connectivity index (χ2n) is 19.8. The Hall–Kier alpha value is -7.82. The van der Waals surface area contributed by atoms with Gasteiger partial charge in [0.15, 0.2) is 17.2 Å². The predicted octanol–water partition coefficient (Wildman–Crippen LogP) is 14.8. The Morgan fingerprint density at radius 1 is 0.552 bits per heavy atom. The van der Waals surface area contributed by atoms with Crippen LogP contribution in [0.2, 0.25) is 0 Å². The fourth-order valence-electron chi connectivity index (χ4n) is 11.2. The molecule has 0 N–H and O–H groups in total. The van der Waals surface area contributed by atoms with Gasteiger partial charge >= 0.3 is 11.7 Å². The molecule has 1 unspecified atom stereocenters. The normalized spacial score (nSPS) is 15.4. The van der Waals surface area contributed by atoms with Crippen LogP contribution in [0.3, 0.4) is 0 Å². The summed E-state index contributed by atoms with van der Waals surface area (Å²) in [6.07, 6.45) is 2.24. The van der Waals surface area contributed by atoms with Crippen molar-refractivity contribution in [3.05, 3.63) is 217 Å². The van der Waals surface area contributed by atoms with Crippen LogP contribution >= 0.6 is 0 Å². The van der Waals surface area contributed by atoms with E-state index in [1.165, 1.54) is 33.4 Å². The summed E-state index contributed by atoms with van der Waals surface area (Å²) in [7, 11) is 0. The predicted molar refractivity (Wildman–Crippen MR) is 272 cm³/mol. The molecule has 5 heterocycles. The van der Waals surface area contributed by atoms with Gasteiger partial charge in [0, 0.05) is 30.2 Å². The minimum Gasteiger partial charge on any atom is -0.392 e. The van der Waals surface area contributed by atoms with Crippen LogP contribution in [0, 0.1) is 6.92 Å². The van der Waals surface area contributed by atoms with E-state index in [4.69, 9.17) is 6.11 Å². The average Bonchev–Trinajstić information content (AvgIpc) is 3.85. The minimum atomic E-state index is -1.10. The Bertz CT molecular complexity index is 3710. The lowest BCUT2D eigenvalue weighted by molar-refractivity contribution is -0.997. The highest BCUT2D eigenvalue weighted by Gasteiger charge is 2.68. The Balaban J connectivity index is 1.15. The molecule has 10 aromatic rings. The first kappa shape index (κ1) is 38.4. The summed E-state index contributed by atoms with van der Waals surface area (Å²) in [4.78, 5) is 0. The number of aromatic nitrogens is 3. The van der Waals surface area contributed by atoms with Crippen molar-refractivity contribution in [2.75, 3.05) is 0 Å². The summed E-state index contributed by atoms with van der Waals surface area (Å²) >= 11 is 0. The zero-order valence-corrected chi connectivity index (χ0v) is 38.7. The van der Waals surface area contributed by atoms with Crippen molar-refractivity contribution in [2.45, 2.75) is 58.7 Å². The monoisotopic (exact) mass is 866 g/mol. The number of nitrogens with zero attached hydrogens (tertiary/aromatic N) is 3. The zero-order valence-electron chi connectivity index (χ0n) is 39.7. The van der Waals surface area contributed by atoms with Gasteiger partial charge in [-0.15, -0.1) is 9.13 Å². The Kier molecular flexibility index (Phi) is 8.23. The van der Waals surface area contributed by atoms with E-state index in [0.29, 0.717) is 0 Å². The van der Waals surface area contributed by atoms with Crippen molar-refractivity contribution in [2.24, 2.45) is 0 Å². The van der Waals surface area contributed by atoms with Crippen LogP contribution in [-0.4, -0.2) is 4.57 Å². The van der Waals surface area contributed by atoms with Crippen molar-refractivity contribution < 1.29 is 15.2 Å². The molecule has 0 aliphatic carbocycles. The number of hydrogen-bond acceptors (Lipinski definition) is 1. The molecular weight excluding hydrogens is 815 g/mol. The molecule has 0 saturated heterocycles. The number of rotatable bonds is 6. The van der Waals surface area contributed by atoms with Gasteiger partial charge in [0.25, 0.3) is 0 Å². The van der Waals surface area contributed by atoms with Crippen molar-refractivity contribution in [1.82, 2.24) is 4.57 Å². The molecular formula is C63H51N3O+2. The third kappa shape index (κ3) is 5.72. The third-order valence-electron chi connectivity index (χ3n) is 14.5. The number of imidazole rings is 1. The van der Waals surface area contributed by atoms with Crippen LogP contribution in [0.25, 0.3) is 95.0 Å². The Labute approximate surface area is 394 Å².